The number of benzene rings is 3. The fourth-order valence-corrected chi connectivity index (χ4v) is 12.6. The zero-order valence-corrected chi connectivity index (χ0v) is 65.1. The quantitative estimate of drug-likeness (QED) is 0.0146. The van der Waals surface area contributed by atoms with Gasteiger partial charge in [0.05, 0.1) is 0 Å². The number of unbranched alkanes of at least 4 members (excludes halogenated alkanes) is 1. The van der Waals surface area contributed by atoms with Crippen molar-refractivity contribution in [1.29, 1.82) is 0 Å². The summed E-state index contributed by atoms with van der Waals surface area (Å²) in [4.78, 5) is 189. The minimum absolute atomic E-state index is 0.00614. The highest BCUT2D eigenvalue weighted by Crippen LogP contribution is 2.22. The molecule has 0 aliphatic carbocycles. The second-order valence-electron chi connectivity index (χ2n) is 28.2. The molecule has 0 saturated carbocycles. The topological polar surface area (TPSA) is 638 Å². The van der Waals surface area contributed by atoms with Gasteiger partial charge in [0.2, 0.25) is 70.9 Å². The number of likely N-dealkylation sites (tertiary alicyclic amines) is 1. The van der Waals surface area contributed by atoms with Gasteiger partial charge in [-0.3, -0.25) is 77.5 Å². The predicted octanol–water partition coefficient (Wildman–Crippen LogP) is -3.92. The molecule has 0 radical (unpaired) electrons. The summed E-state index contributed by atoms with van der Waals surface area (Å²) in [5.41, 5.74) is 60.1. The fraction of sp³-hybridized carbons (Fsp3) is 0.547. The van der Waals surface area contributed by atoms with E-state index in [4.69, 9.17) is 57.3 Å². The maximum Gasteiger partial charge on any atom is 0.245 e. The summed E-state index contributed by atoms with van der Waals surface area (Å²) in [5, 5.41) is 27.4. The van der Waals surface area contributed by atoms with Crippen molar-refractivity contribution in [3.63, 3.8) is 0 Å². The van der Waals surface area contributed by atoms with Crippen LogP contribution in [0.25, 0.3) is 0 Å². The molecule has 12 amide bonds. The number of nitrogens with one attached hydrogen (secondary N) is 10. The van der Waals surface area contributed by atoms with Crippen LogP contribution in [0.15, 0.2) is 98.8 Å². The summed E-state index contributed by atoms with van der Waals surface area (Å²) in [6.45, 7) is 10.4. The molecule has 1 aliphatic heterocycles. The number of amides is 12. The molecule has 0 aromatic heterocycles. The number of nitrogens with zero attached hydrogens (tertiary/aromatic N) is 5. The van der Waals surface area contributed by atoms with Crippen LogP contribution in [-0.2, 0) is 76.8 Å². The average Bonchev–Trinajstić information content (AvgIpc) is 1.53. The number of carbonyl (C=O) groups is 12. The molecule has 0 spiro atoms. The van der Waals surface area contributed by atoms with Gasteiger partial charge in [0, 0.05) is 58.9 Å². The van der Waals surface area contributed by atoms with Crippen molar-refractivity contribution in [2.24, 2.45) is 83.2 Å². The number of nitrogens with two attached hydrogens (primary N) is 10. The molecule has 616 valence electrons. The Balaban J connectivity index is 1.68. The maximum atomic E-state index is 15.1. The van der Waals surface area contributed by atoms with E-state index in [0.29, 0.717) is 36.9 Å². The molecule has 0 bridgehead atoms. The minimum Gasteiger partial charge on any atom is -0.370 e. The summed E-state index contributed by atoms with van der Waals surface area (Å²) in [6.07, 6.45) is 1.77. The number of hydrogen-bond acceptors (Lipinski definition) is 17. The highest BCUT2D eigenvalue weighted by atomic mass is 16.2. The zero-order valence-electron chi connectivity index (χ0n) is 65.1. The minimum atomic E-state index is -1.48. The summed E-state index contributed by atoms with van der Waals surface area (Å²) in [7, 11) is 0. The Bertz CT molecular complexity index is 3710. The van der Waals surface area contributed by atoms with Crippen molar-refractivity contribution in [2.45, 2.75) is 217 Å². The Morgan fingerprint density at radius 2 is 0.777 bits per heavy atom. The van der Waals surface area contributed by atoms with Crippen molar-refractivity contribution in [3.05, 3.63) is 107 Å². The lowest BCUT2D eigenvalue weighted by Gasteiger charge is -2.30. The number of carbonyl (C=O) groups excluding carboxylic acids is 12. The second-order valence-corrected chi connectivity index (χ2v) is 28.2. The third kappa shape index (κ3) is 34.1. The predicted molar refractivity (Wildman–Crippen MR) is 427 cm³/mol. The van der Waals surface area contributed by atoms with E-state index in [1.807, 2.05) is 32.0 Å². The van der Waals surface area contributed by atoms with Crippen molar-refractivity contribution in [3.8, 4) is 0 Å². The van der Waals surface area contributed by atoms with Gasteiger partial charge in [0.1, 0.15) is 66.5 Å². The summed E-state index contributed by atoms with van der Waals surface area (Å²) >= 11 is 0. The Morgan fingerprint density at radius 1 is 0.411 bits per heavy atom. The SMILES string of the molecule is CC(=O)N[C@@H](Cc1c(C)cccc1C)C(=O)N[C@@H](Cc1ccccc1)C(=O)N[C@@H](Cc1ccccc1)C(=O)N[C@@H](CCCN=C(N)N)C(=O)N[C@@H](CC(C)C)C(=O)N[C@@H](CCCN=C(N)N)C(=O)N[C@@H](CCCN=C(N)N)C(=O)N[C@H](C)C(=O)N[C@@H](CCCN=C(N)N)C(=O)N1CCC[C@H]1C(=O)N[C@@H](CCCCN)C(N)=O. The highest BCUT2D eigenvalue weighted by Gasteiger charge is 2.41. The van der Waals surface area contributed by atoms with Gasteiger partial charge in [-0.15, -0.1) is 0 Å². The van der Waals surface area contributed by atoms with Crippen LogP contribution >= 0.6 is 0 Å². The van der Waals surface area contributed by atoms with Crippen LogP contribution in [-0.4, -0.2) is 205 Å². The Kier molecular flexibility index (Phi) is 40.4. The van der Waals surface area contributed by atoms with Gasteiger partial charge in [-0.2, -0.15) is 0 Å². The van der Waals surface area contributed by atoms with Gasteiger partial charge in [0.15, 0.2) is 23.8 Å². The zero-order chi connectivity index (χ0) is 83.0. The molecular formula is C75H119N25O12. The van der Waals surface area contributed by atoms with E-state index in [9.17, 15) is 52.7 Å². The van der Waals surface area contributed by atoms with Gasteiger partial charge in [0.25, 0.3) is 0 Å². The smallest absolute Gasteiger partial charge is 0.245 e. The molecule has 3 aromatic rings. The molecule has 3 aromatic carbocycles. The van der Waals surface area contributed by atoms with E-state index in [2.05, 4.69) is 73.1 Å². The molecule has 1 saturated heterocycles. The van der Waals surface area contributed by atoms with E-state index >= 15 is 4.79 Å². The molecule has 1 heterocycles. The van der Waals surface area contributed by atoms with Crippen molar-refractivity contribution in [2.75, 3.05) is 39.3 Å². The normalized spacial score (nSPS) is 15.0. The number of aliphatic imine (C=N–C) groups is 4. The van der Waals surface area contributed by atoms with Crippen LogP contribution in [0.1, 0.15) is 145 Å². The van der Waals surface area contributed by atoms with Gasteiger partial charge >= 0.3 is 0 Å². The van der Waals surface area contributed by atoms with Crippen LogP contribution in [0.3, 0.4) is 0 Å². The Morgan fingerprint density at radius 3 is 1.18 bits per heavy atom. The Hall–Kier alpha value is -11.7. The van der Waals surface area contributed by atoms with Crippen molar-refractivity contribution < 1.29 is 57.5 Å². The van der Waals surface area contributed by atoms with E-state index in [-0.39, 0.29) is 152 Å². The largest absolute Gasteiger partial charge is 0.370 e. The molecule has 37 heteroatoms. The number of aryl methyl sites for hydroxylation is 2. The van der Waals surface area contributed by atoms with Crippen molar-refractivity contribution >= 4 is 94.7 Å². The Labute approximate surface area is 654 Å². The molecule has 11 atom stereocenters. The molecule has 4 rings (SSSR count). The molecule has 30 N–H and O–H groups in total. The lowest BCUT2D eigenvalue weighted by Crippen LogP contribution is -2.61. The van der Waals surface area contributed by atoms with Gasteiger partial charge in [-0.1, -0.05) is 92.7 Å². The third-order valence-electron chi connectivity index (χ3n) is 18.4. The second kappa shape index (κ2) is 48.8. The monoisotopic (exact) mass is 1560 g/mol. The number of guanidine groups is 4. The third-order valence-corrected chi connectivity index (χ3v) is 18.4. The van der Waals surface area contributed by atoms with Crippen LogP contribution in [0.5, 0.6) is 0 Å². The molecular weight excluding hydrogens is 1440 g/mol. The molecule has 1 fully saturated rings. The first-order valence-electron chi connectivity index (χ1n) is 37.8. The van der Waals surface area contributed by atoms with Crippen LogP contribution < -0.4 is 111 Å². The van der Waals surface area contributed by atoms with Gasteiger partial charge < -0.3 is 115 Å². The number of primary amides is 1. The fourth-order valence-electron chi connectivity index (χ4n) is 12.6. The van der Waals surface area contributed by atoms with E-state index in [1.54, 1.807) is 74.5 Å². The standard InChI is InChI=1S/C75H119N25O12/c1-43(2)39-56(97-65(106)54(30-18-36-88-74(82)83)95-67(108)57(40-48-23-9-7-10-24-48)98-68(109)58(41-49-25-11-8-12-26-49)99-69(110)59(91-47(6)101)42-50-44(3)21-15-22-45(50)4)66(107)94-53(29-17-35-87-73(80)81)64(105)93-52(28-16-34-86-72(78)79)63(104)90-46(5)62(103)96-55(31-19-37-89-75(84)85)71(112)100-38-20-32-60(100)70(111)92-51(61(77)102)27-13-14-33-76/h7-12,15,21-26,43,46,51-60H,13-14,16-20,27-42,76H2,1-6H3,(H2,77,102)(H,90,104)(H,91,101)(H,92,111)(H,93,105)(H,94,107)(H,95,108)(H,96,103)(H,97,106)(H,98,109)(H,99,110)(H4,78,79,86)(H4,80,81,87)(H4,82,83,88)(H4,84,85,89)/t46-,51+,52+,53+,54+,55+,56+,57+,58+,59+,60+/m1/s1. The van der Waals surface area contributed by atoms with E-state index < -0.39 is 137 Å². The number of hydrogen-bond donors (Lipinski definition) is 20. The maximum absolute atomic E-state index is 15.1. The lowest BCUT2D eigenvalue weighted by atomic mass is 9.95. The summed E-state index contributed by atoms with van der Waals surface area (Å²) < 4.78 is 0. The summed E-state index contributed by atoms with van der Waals surface area (Å²) in [5.74, 6) is -10.5. The van der Waals surface area contributed by atoms with Crippen LogP contribution in [0.2, 0.25) is 0 Å². The average molecular weight is 1560 g/mol. The van der Waals surface area contributed by atoms with E-state index in [1.165, 1.54) is 18.7 Å². The van der Waals surface area contributed by atoms with Gasteiger partial charge in [-0.25, -0.2) is 0 Å². The first-order valence-corrected chi connectivity index (χ1v) is 37.8. The summed E-state index contributed by atoms with van der Waals surface area (Å²) in [6, 6.07) is 8.71. The van der Waals surface area contributed by atoms with Crippen LogP contribution in [0.4, 0.5) is 0 Å². The van der Waals surface area contributed by atoms with E-state index in [0.717, 1.165) is 16.7 Å². The van der Waals surface area contributed by atoms with Crippen LogP contribution in [0, 0.1) is 19.8 Å². The first kappa shape index (κ1) is 92.7. The molecule has 1 aliphatic rings. The highest BCUT2D eigenvalue weighted by molar-refractivity contribution is 6.00. The van der Waals surface area contributed by atoms with Crippen molar-refractivity contribution in [1.82, 2.24) is 58.1 Å². The lowest BCUT2D eigenvalue weighted by molar-refractivity contribution is -0.142. The first-order chi connectivity index (χ1) is 53.2. The molecule has 112 heavy (non-hydrogen) atoms. The van der Waals surface area contributed by atoms with Gasteiger partial charge in [-0.05, 0) is 151 Å². The molecule has 0 unspecified atom stereocenters. The molecule has 37 nitrogen and oxygen atoms in total. The number of rotatable bonds is 49.